The molecule has 0 amide bonds. The maximum atomic E-state index is 12.0. The highest BCUT2D eigenvalue weighted by Gasteiger charge is 2.50. The number of carboxylic acids is 1. The van der Waals surface area contributed by atoms with Crippen molar-refractivity contribution < 1.29 is 34.8 Å². The van der Waals surface area contributed by atoms with Crippen LogP contribution in [0.5, 0.6) is 0 Å². The van der Waals surface area contributed by atoms with E-state index in [0.29, 0.717) is 5.02 Å². The van der Waals surface area contributed by atoms with Crippen molar-refractivity contribution in [3.05, 3.63) is 34.9 Å². The van der Waals surface area contributed by atoms with Crippen molar-refractivity contribution in [2.24, 2.45) is 0 Å². The van der Waals surface area contributed by atoms with E-state index in [1.165, 1.54) is 24.3 Å². The molecule has 0 aliphatic heterocycles. The molecule has 4 atom stereocenters. The van der Waals surface area contributed by atoms with Gasteiger partial charge in [0.2, 0.25) is 0 Å². The number of aliphatic hydroxyl groups is 3. The first-order chi connectivity index (χ1) is 10.2. The number of hydrogen-bond donors (Lipinski definition) is 4. The number of carbonyl (C=O) groups excluding carboxylic acids is 1. The number of esters is 1. The Balaban J connectivity index is 2.14. The second kappa shape index (κ2) is 6.21. The highest BCUT2D eigenvalue weighted by Crippen LogP contribution is 2.31. The zero-order chi connectivity index (χ0) is 16.5. The standard InChI is InChI=1S/C14H15ClO7/c15-8-3-1-7(2-4-8)12(18)22-10-6-14(21,13(19)20)5-9(16)11(10)17/h1-4,9-11,16-17,21H,5-6H2,(H,19,20)/t9-,10-,11-,14+/m1/s1. The molecule has 7 nitrogen and oxygen atoms in total. The molecule has 0 spiro atoms. The lowest BCUT2D eigenvalue weighted by Gasteiger charge is -2.39. The Morgan fingerprint density at radius 2 is 1.77 bits per heavy atom. The van der Waals surface area contributed by atoms with Crippen molar-refractivity contribution in [1.82, 2.24) is 0 Å². The number of ether oxygens (including phenoxy) is 1. The van der Waals surface area contributed by atoms with E-state index in [-0.39, 0.29) is 5.56 Å². The summed E-state index contributed by atoms with van der Waals surface area (Å²) in [6.07, 6.45) is -5.39. The molecule has 22 heavy (non-hydrogen) atoms. The van der Waals surface area contributed by atoms with Crippen LogP contribution in [-0.4, -0.2) is 56.3 Å². The first-order valence-electron chi connectivity index (χ1n) is 6.51. The quantitative estimate of drug-likeness (QED) is 0.583. The van der Waals surface area contributed by atoms with E-state index in [1.807, 2.05) is 0 Å². The van der Waals surface area contributed by atoms with Gasteiger partial charge in [-0.15, -0.1) is 0 Å². The average molecular weight is 331 g/mol. The molecule has 8 heteroatoms. The summed E-state index contributed by atoms with van der Waals surface area (Å²) in [6.45, 7) is 0. The van der Waals surface area contributed by atoms with Crippen LogP contribution in [-0.2, 0) is 9.53 Å². The summed E-state index contributed by atoms with van der Waals surface area (Å²) in [5.74, 6) is -2.37. The van der Waals surface area contributed by atoms with Gasteiger partial charge < -0.3 is 25.2 Å². The summed E-state index contributed by atoms with van der Waals surface area (Å²) in [5.41, 5.74) is -2.11. The molecule has 0 radical (unpaired) electrons. The Kier molecular flexibility index (Phi) is 4.72. The van der Waals surface area contributed by atoms with Gasteiger partial charge in [0.05, 0.1) is 11.7 Å². The Labute approximate surface area is 130 Å². The first-order valence-corrected chi connectivity index (χ1v) is 6.89. The number of carbonyl (C=O) groups is 2. The number of aliphatic hydroxyl groups excluding tert-OH is 2. The van der Waals surface area contributed by atoms with Crippen LogP contribution in [0.15, 0.2) is 24.3 Å². The van der Waals surface area contributed by atoms with Crippen molar-refractivity contribution in [3.63, 3.8) is 0 Å². The Bertz CT molecular complexity index is 573. The number of rotatable bonds is 3. The molecule has 120 valence electrons. The van der Waals surface area contributed by atoms with Crippen LogP contribution in [0.3, 0.4) is 0 Å². The minimum atomic E-state index is -2.26. The molecule has 1 aromatic carbocycles. The minimum absolute atomic E-state index is 0.149. The lowest BCUT2D eigenvalue weighted by Crippen LogP contribution is -2.57. The van der Waals surface area contributed by atoms with Crippen LogP contribution >= 0.6 is 11.6 Å². The minimum Gasteiger partial charge on any atom is -0.479 e. The van der Waals surface area contributed by atoms with E-state index in [9.17, 15) is 24.9 Å². The van der Waals surface area contributed by atoms with E-state index in [1.54, 1.807) is 0 Å². The van der Waals surface area contributed by atoms with Crippen LogP contribution in [0.1, 0.15) is 23.2 Å². The Morgan fingerprint density at radius 3 is 2.32 bits per heavy atom. The molecule has 2 rings (SSSR count). The zero-order valence-corrected chi connectivity index (χ0v) is 12.1. The van der Waals surface area contributed by atoms with Gasteiger partial charge in [0.1, 0.15) is 12.2 Å². The largest absolute Gasteiger partial charge is 0.479 e. The van der Waals surface area contributed by atoms with Gasteiger partial charge in [-0.3, -0.25) is 0 Å². The number of benzene rings is 1. The highest BCUT2D eigenvalue weighted by molar-refractivity contribution is 6.30. The SMILES string of the molecule is O=C(O[C@@H]1C[C@](O)(C(=O)O)C[C@@H](O)[C@H]1O)c1ccc(Cl)cc1. The Morgan fingerprint density at radius 1 is 1.18 bits per heavy atom. The van der Waals surface area contributed by atoms with Crippen LogP contribution in [0, 0.1) is 0 Å². The third-order valence-electron chi connectivity index (χ3n) is 3.60. The number of carboxylic acid groups (broad SMARTS) is 1. The molecular weight excluding hydrogens is 316 g/mol. The molecule has 0 saturated heterocycles. The molecule has 0 unspecified atom stereocenters. The van der Waals surface area contributed by atoms with Crippen LogP contribution < -0.4 is 0 Å². The molecular formula is C14H15ClO7. The molecule has 1 aliphatic rings. The van der Waals surface area contributed by atoms with Gasteiger partial charge >= 0.3 is 11.9 Å². The predicted molar refractivity (Wildman–Crippen MR) is 74.5 cm³/mol. The van der Waals surface area contributed by atoms with Gasteiger partial charge in [-0.05, 0) is 24.3 Å². The first kappa shape index (κ1) is 16.7. The lowest BCUT2D eigenvalue weighted by atomic mass is 9.79. The summed E-state index contributed by atoms with van der Waals surface area (Å²) >= 11 is 5.70. The van der Waals surface area contributed by atoms with Gasteiger partial charge in [-0.25, -0.2) is 9.59 Å². The molecule has 1 aliphatic carbocycles. The smallest absolute Gasteiger partial charge is 0.338 e. The normalized spacial score (nSPS) is 31.5. The fourth-order valence-electron chi connectivity index (χ4n) is 2.33. The number of aliphatic carboxylic acids is 1. The molecule has 0 heterocycles. The van der Waals surface area contributed by atoms with E-state index < -0.39 is 48.7 Å². The van der Waals surface area contributed by atoms with Crippen LogP contribution in [0.2, 0.25) is 5.02 Å². The van der Waals surface area contributed by atoms with Crippen molar-refractivity contribution in [1.29, 1.82) is 0 Å². The molecule has 0 bridgehead atoms. The van der Waals surface area contributed by atoms with Crippen molar-refractivity contribution in [2.75, 3.05) is 0 Å². The molecule has 1 saturated carbocycles. The van der Waals surface area contributed by atoms with Gasteiger partial charge in [-0.1, -0.05) is 11.6 Å². The third-order valence-corrected chi connectivity index (χ3v) is 3.85. The van der Waals surface area contributed by atoms with Crippen LogP contribution in [0.25, 0.3) is 0 Å². The van der Waals surface area contributed by atoms with Crippen LogP contribution in [0.4, 0.5) is 0 Å². The van der Waals surface area contributed by atoms with E-state index >= 15 is 0 Å². The van der Waals surface area contributed by atoms with Gasteiger partial charge in [-0.2, -0.15) is 0 Å². The van der Waals surface area contributed by atoms with E-state index in [2.05, 4.69) is 0 Å². The highest BCUT2D eigenvalue weighted by atomic mass is 35.5. The average Bonchev–Trinajstić information content (AvgIpc) is 2.44. The second-order valence-corrected chi connectivity index (χ2v) is 5.69. The molecule has 1 fully saturated rings. The fourth-order valence-corrected chi connectivity index (χ4v) is 2.45. The monoisotopic (exact) mass is 330 g/mol. The summed E-state index contributed by atoms with van der Waals surface area (Å²) in [5, 5.41) is 38.9. The van der Waals surface area contributed by atoms with Gasteiger partial charge in [0.15, 0.2) is 5.60 Å². The molecule has 4 N–H and O–H groups in total. The third kappa shape index (κ3) is 3.38. The van der Waals surface area contributed by atoms with Crippen molar-refractivity contribution in [3.8, 4) is 0 Å². The summed E-state index contributed by atoms with van der Waals surface area (Å²) in [4.78, 5) is 23.0. The second-order valence-electron chi connectivity index (χ2n) is 5.25. The summed E-state index contributed by atoms with van der Waals surface area (Å²) in [7, 11) is 0. The lowest BCUT2D eigenvalue weighted by molar-refractivity contribution is -0.187. The van der Waals surface area contributed by atoms with Crippen molar-refractivity contribution >= 4 is 23.5 Å². The topological polar surface area (TPSA) is 124 Å². The maximum absolute atomic E-state index is 12.0. The molecule has 1 aromatic rings. The summed E-state index contributed by atoms with van der Waals surface area (Å²) < 4.78 is 5.03. The number of hydrogen-bond acceptors (Lipinski definition) is 6. The fraction of sp³-hybridized carbons (Fsp3) is 0.429. The van der Waals surface area contributed by atoms with Gasteiger partial charge in [0, 0.05) is 17.9 Å². The van der Waals surface area contributed by atoms with E-state index in [4.69, 9.17) is 21.4 Å². The van der Waals surface area contributed by atoms with E-state index in [0.717, 1.165) is 0 Å². The predicted octanol–water partition coefficient (Wildman–Crippen LogP) is 0.197. The maximum Gasteiger partial charge on any atom is 0.338 e. The Hall–Kier alpha value is -1.67. The molecule has 0 aromatic heterocycles. The summed E-state index contributed by atoms with van der Waals surface area (Å²) in [6, 6.07) is 5.75. The van der Waals surface area contributed by atoms with Crippen molar-refractivity contribution in [2.45, 2.75) is 36.8 Å². The zero-order valence-electron chi connectivity index (χ0n) is 11.3. The number of halogens is 1. The van der Waals surface area contributed by atoms with Gasteiger partial charge in [0.25, 0.3) is 0 Å².